The van der Waals surface area contributed by atoms with Crippen molar-refractivity contribution in [2.75, 3.05) is 0 Å². The Morgan fingerprint density at radius 3 is 2.29 bits per heavy atom. The van der Waals surface area contributed by atoms with Crippen LogP contribution in [0.4, 0.5) is 0 Å². The Bertz CT molecular complexity index is 527. The molecule has 0 bridgehead atoms. The molecule has 114 valence electrons. The number of carboxylic acids is 2. The Kier molecular flexibility index (Phi) is 5.43. The largest absolute Gasteiger partial charge is 0.481 e. The summed E-state index contributed by atoms with van der Waals surface area (Å²) in [5.41, 5.74) is 5.09. The molecule has 0 spiro atoms. The molecule has 7 nitrogen and oxygen atoms in total. The van der Waals surface area contributed by atoms with Gasteiger partial charge < -0.3 is 21.3 Å². The molecule has 1 aromatic carbocycles. The fraction of sp³-hybridized carbons (Fsp3) is 0.357. The van der Waals surface area contributed by atoms with Crippen molar-refractivity contribution in [3.8, 4) is 0 Å². The molecule has 7 heteroatoms. The zero-order valence-corrected chi connectivity index (χ0v) is 11.6. The lowest BCUT2D eigenvalue weighted by atomic mass is 9.92. The van der Waals surface area contributed by atoms with E-state index in [-0.39, 0.29) is 12.8 Å². The summed E-state index contributed by atoms with van der Waals surface area (Å²) in [5.74, 6) is -3.10. The highest BCUT2D eigenvalue weighted by Crippen LogP contribution is 2.18. The zero-order valence-electron chi connectivity index (χ0n) is 11.6. The number of nitrogens with two attached hydrogens (primary N) is 1. The molecule has 21 heavy (non-hydrogen) atoms. The third kappa shape index (κ3) is 4.57. The van der Waals surface area contributed by atoms with Crippen LogP contribution in [0.5, 0.6) is 0 Å². The van der Waals surface area contributed by atoms with E-state index < -0.39 is 29.4 Å². The van der Waals surface area contributed by atoms with Crippen molar-refractivity contribution >= 4 is 17.8 Å². The third-order valence-electron chi connectivity index (χ3n) is 3.10. The van der Waals surface area contributed by atoms with Gasteiger partial charge in [0.15, 0.2) is 0 Å². The molecule has 0 saturated carbocycles. The molecular formula is C14H18N2O5. The van der Waals surface area contributed by atoms with Gasteiger partial charge in [-0.05, 0) is 18.9 Å². The monoisotopic (exact) mass is 294 g/mol. The van der Waals surface area contributed by atoms with Crippen LogP contribution in [-0.2, 0) is 19.9 Å². The number of benzene rings is 1. The molecule has 0 aromatic heterocycles. The van der Waals surface area contributed by atoms with Crippen molar-refractivity contribution in [3.05, 3.63) is 35.9 Å². The van der Waals surface area contributed by atoms with Crippen molar-refractivity contribution in [3.63, 3.8) is 0 Å². The van der Waals surface area contributed by atoms with Crippen LogP contribution in [-0.4, -0.2) is 34.1 Å². The Hall–Kier alpha value is -2.41. The molecule has 0 fully saturated rings. The molecule has 1 aromatic rings. The zero-order chi connectivity index (χ0) is 16.0. The van der Waals surface area contributed by atoms with Gasteiger partial charge in [-0.2, -0.15) is 0 Å². The first-order valence-electron chi connectivity index (χ1n) is 6.35. The first kappa shape index (κ1) is 16.6. The van der Waals surface area contributed by atoms with Crippen LogP contribution >= 0.6 is 0 Å². The number of amides is 1. The first-order chi connectivity index (χ1) is 9.75. The highest BCUT2D eigenvalue weighted by atomic mass is 16.4. The van der Waals surface area contributed by atoms with Gasteiger partial charge in [-0.25, -0.2) is 4.79 Å². The molecule has 1 rings (SSSR count). The summed E-state index contributed by atoms with van der Waals surface area (Å²) in [7, 11) is 0. The predicted molar refractivity (Wildman–Crippen MR) is 74.4 cm³/mol. The summed E-state index contributed by atoms with van der Waals surface area (Å²) in [6, 6.07) is 7.23. The van der Waals surface area contributed by atoms with Crippen LogP contribution in [0.15, 0.2) is 30.3 Å². The summed E-state index contributed by atoms with van der Waals surface area (Å²) in [5, 5.41) is 19.9. The molecule has 0 aliphatic rings. The molecule has 0 heterocycles. The molecule has 0 radical (unpaired) electrons. The maximum atomic E-state index is 12.2. The van der Waals surface area contributed by atoms with E-state index in [9.17, 15) is 14.4 Å². The van der Waals surface area contributed by atoms with Crippen molar-refractivity contribution in [1.29, 1.82) is 0 Å². The fourth-order valence-electron chi connectivity index (χ4n) is 1.75. The molecule has 0 aliphatic heterocycles. The maximum Gasteiger partial charge on any atom is 0.326 e. The van der Waals surface area contributed by atoms with E-state index in [1.807, 2.05) is 0 Å². The van der Waals surface area contributed by atoms with Gasteiger partial charge in [0, 0.05) is 6.42 Å². The van der Waals surface area contributed by atoms with E-state index in [1.165, 1.54) is 6.92 Å². The third-order valence-corrected chi connectivity index (χ3v) is 3.10. The Balaban J connectivity index is 2.81. The Morgan fingerprint density at radius 1 is 1.24 bits per heavy atom. The SMILES string of the molecule is CC(N)(C(=O)N[C@@H](CCC(=O)O)C(=O)O)c1ccccc1. The van der Waals surface area contributed by atoms with E-state index >= 15 is 0 Å². The van der Waals surface area contributed by atoms with Crippen LogP contribution in [0, 0.1) is 0 Å². The summed E-state index contributed by atoms with van der Waals surface area (Å²) in [4.78, 5) is 33.7. The second kappa shape index (κ2) is 6.85. The van der Waals surface area contributed by atoms with Gasteiger partial charge in [0.05, 0.1) is 0 Å². The maximum absolute atomic E-state index is 12.2. The summed E-state index contributed by atoms with van der Waals surface area (Å²) >= 11 is 0. The smallest absolute Gasteiger partial charge is 0.326 e. The van der Waals surface area contributed by atoms with Gasteiger partial charge in [-0.15, -0.1) is 0 Å². The molecule has 0 aliphatic carbocycles. The molecule has 1 amide bonds. The van der Waals surface area contributed by atoms with Crippen LogP contribution < -0.4 is 11.1 Å². The summed E-state index contributed by atoms with van der Waals surface area (Å²) < 4.78 is 0. The molecular weight excluding hydrogens is 276 g/mol. The minimum absolute atomic E-state index is 0.207. The predicted octanol–water partition coefficient (Wildman–Crippen LogP) is 0.295. The lowest BCUT2D eigenvalue weighted by Crippen LogP contribution is -2.53. The lowest BCUT2D eigenvalue weighted by molar-refractivity contribution is -0.143. The minimum atomic E-state index is -1.40. The quantitative estimate of drug-likeness (QED) is 0.572. The number of carboxylic acid groups (broad SMARTS) is 2. The number of carbonyl (C=O) groups is 3. The second-order valence-corrected chi connectivity index (χ2v) is 4.87. The topological polar surface area (TPSA) is 130 Å². The van der Waals surface area contributed by atoms with Crippen molar-refractivity contribution < 1.29 is 24.6 Å². The first-order valence-corrected chi connectivity index (χ1v) is 6.35. The number of nitrogens with one attached hydrogen (secondary N) is 1. The van der Waals surface area contributed by atoms with E-state index in [2.05, 4.69) is 5.32 Å². The van der Waals surface area contributed by atoms with Crippen molar-refractivity contribution in [1.82, 2.24) is 5.32 Å². The number of hydrogen-bond donors (Lipinski definition) is 4. The van der Waals surface area contributed by atoms with Gasteiger partial charge in [0.25, 0.3) is 0 Å². The normalized spacial score (nSPS) is 14.8. The average Bonchev–Trinajstić information content (AvgIpc) is 2.43. The van der Waals surface area contributed by atoms with Crippen molar-refractivity contribution in [2.45, 2.75) is 31.3 Å². The average molecular weight is 294 g/mol. The van der Waals surface area contributed by atoms with E-state index in [0.29, 0.717) is 5.56 Å². The molecule has 1 unspecified atom stereocenters. The van der Waals surface area contributed by atoms with Crippen LogP contribution in [0.3, 0.4) is 0 Å². The number of carbonyl (C=O) groups excluding carboxylic acids is 1. The van der Waals surface area contributed by atoms with E-state index in [4.69, 9.17) is 15.9 Å². The van der Waals surface area contributed by atoms with Gasteiger partial charge in [-0.3, -0.25) is 9.59 Å². The van der Waals surface area contributed by atoms with Crippen LogP contribution in [0.25, 0.3) is 0 Å². The summed E-state index contributed by atoms with van der Waals surface area (Å²) in [6.45, 7) is 1.47. The van der Waals surface area contributed by atoms with E-state index in [1.54, 1.807) is 30.3 Å². The fourth-order valence-corrected chi connectivity index (χ4v) is 1.75. The van der Waals surface area contributed by atoms with Crippen molar-refractivity contribution in [2.24, 2.45) is 5.73 Å². The van der Waals surface area contributed by atoms with Gasteiger partial charge >= 0.3 is 11.9 Å². The number of hydrogen-bond acceptors (Lipinski definition) is 4. The van der Waals surface area contributed by atoms with Crippen LogP contribution in [0.2, 0.25) is 0 Å². The molecule has 0 saturated heterocycles. The number of rotatable bonds is 7. The van der Waals surface area contributed by atoms with Gasteiger partial charge in [-0.1, -0.05) is 30.3 Å². The number of aliphatic carboxylic acids is 2. The summed E-state index contributed by atoms with van der Waals surface area (Å²) in [6.07, 6.45) is -0.564. The lowest BCUT2D eigenvalue weighted by Gasteiger charge is -2.26. The van der Waals surface area contributed by atoms with E-state index in [0.717, 1.165) is 0 Å². The van der Waals surface area contributed by atoms with Gasteiger partial charge in [0.1, 0.15) is 11.6 Å². The highest BCUT2D eigenvalue weighted by molar-refractivity contribution is 5.90. The second-order valence-electron chi connectivity index (χ2n) is 4.87. The molecule has 5 N–H and O–H groups in total. The minimum Gasteiger partial charge on any atom is -0.481 e. The molecule has 2 atom stereocenters. The van der Waals surface area contributed by atoms with Crippen LogP contribution in [0.1, 0.15) is 25.3 Å². The Labute approximate surface area is 121 Å². The highest BCUT2D eigenvalue weighted by Gasteiger charge is 2.33. The Morgan fingerprint density at radius 2 is 1.81 bits per heavy atom. The van der Waals surface area contributed by atoms with Gasteiger partial charge in [0.2, 0.25) is 5.91 Å². The standard InChI is InChI=1S/C14H18N2O5/c1-14(15,9-5-3-2-4-6-9)13(21)16-10(12(19)20)7-8-11(17)18/h2-6,10H,7-8,15H2,1H3,(H,16,21)(H,17,18)(H,19,20)/t10-,14?/m0/s1.